The quantitative estimate of drug-likeness (QED) is 0.563. The molecule has 0 atom stereocenters. The summed E-state index contributed by atoms with van der Waals surface area (Å²) >= 11 is 0. The van der Waals surface area contributed by atoms with Gasteiger partial charge in [-0.1, -0.05) is 39.0 Å². The molecule has 0 rings (SSSR count). The summed E-state index contributed by atoms with van der Waals surface area (Å²) in [4.78, 5) is 11.3. The van der Waals surface area contributed by atoms with Gasteiger partial charge in [-0.3, -0.25) is 0 Å². The Hall–Kier alpha value is -0.910. The molecule has 0 aliphatic carbocycles. The number of carbonyl (C=O) groups is 1. The molecule has 0 aromatic rings. The van der Waals surface area contributed by atoms with Gasteiger partial charge in [0.1, 0.15) is 5.60 Å². The lowest BCUT2D eigenvalue weighted by Gasteiger charge is -2.22. The van der Waals surface area contributed by atoms with Crippen molar-refractivity contribution in [1.29, 1.82) is 0 Å². The minimum atomic E-state index is -2.97. The van der Waals surface area contributed by atoms with E-state index < -0.39 is 30.7 Å². The molecule has 0 saturated carbocycles. The highest BCUT2D eigenvalue weighted by atomic mass is 19.3. The first-order valence-electron chi connectivity index (χ1n) is 8.22. The molecule has 0 saturated heterocycles. The van der Waals surface area contributed by atoms with Crippen molar-refractivity contribution in [2.45, 2.75) is 77.7 Å². The van der Waals surface area contributed by atoms with Crippen LogP contribution in [-0.4, -0.2) is 37.3 Å². The minimum absolute atomic E-state index is 0.433. The molecule has 132 valence electrons. The Labute approximate surface area is 133 Å². The number of nitrogens with one attached hydrogen (secondary N) is 2. The van der Waals surface area contributed by atoms with Crippen LogP contribution in [0.4, 0.5) is 13.6 Å². The monoisotopic (exact) mass is 322 g/mol. The molecule has 2 N–H and O–H groups in total. The number of carbonyl (C=O) groups excluding carboxylic acids is 1. The Bertz CT molecular complexity index is 305. The molecule has 0 heterocycles. The van der Waals surface area contributed by atoms with Crippen molar-refractivity contribution in [3.05, 3.63) is 0 Å². The second-order valence-corrected chi connectivity index (χ2v) is 6.66. The lowest BCUT2D eigenvalue weighted by Crippen LogP contribution is -2.44. The standard InChI is InChI=1S/C16H32F2N2O2/c1-5-6-7-8-9-10-11-19-12-16(17,18)13-20-14(21)22-15(2,3)4/h19H,5-13H2,1-4H3,(H,20,21). The molecule has 0 fully saturated rings. The van der Waals surface area contributed by atoms with E-state index in [9.17, 15) is 13.6 Å². The number of rotatable bonds is 11. The van der Waals surface area contributed by atoms with Gasteiger partial charge in [0, 0.05) is 0 Å². The number of ether oxygens (including phenoxy) is 1. The lowest BCUT2D eigenvalue weighted by molar-refractivity contribution is -0.00342. The second kappa shape index (κ2) is 10.8. The van der Waals surface area contributed by atoms with Crippen molar-refractivity contribution in [1.82, 2.24) is 10.6 Å². The number of hydrogen-bond acceptors (Lipinski definition) is 3. The number of hydrogen-bond donors (Lipinski definition) is 2. The van der Waals surface area contributed by atoms with Crippen molar-refractivity contribution < 1.29 is 18.3 Å². The SMILES string of the molecule is CCCCCCCCNCC(F)(F)CNC(=O)OC(C)(C)C. The smallest absolute Gasteiger partial charge is 0.407 e. The van der Waals surface area contributed by atoms with Gasteiger partial charge in [0.25, 0.3) is 5.92 Å². The van der Waals surface area contributed by atoms with Crippen molar-refractivity contribution >= 4 is 6.09 Å². The molecule has 0 spiro atoms. The molecule has 0 unspecified atom stereocenters. The van der Waals surface area contributed by atoms with E-state index >= 15 is 0 Å². The number of amides is 1. The first-order chi connectivity index (χ1) is 10.2. The largest absolute Gasteiger partial charge is 0.444 e. The Morgan fingerprint density at radius 1 is 1.00 bits per heavy atom. The van der Waals surface area contributed by atoms with Crippen LogP contribution >= 0.6 is 0 Å². The molecule has 0 aliphatic heterocycles. The van der Waals surface area contributed by atoms with E-state index in [1.54, 1.807) is 20.8 Å². The number of halogens is 2. The van der Waals surface area contributed by atoms with Gasteiger partial charge in [0.2, 0.25) is 0 Å². The topological polar surface area (TPSA) is 50.4 Å². The van der Waals surface area contributed by atoms with E-state index in [4.69, 9.17) is 4.74 Å². The third kappa shape index (κ3) is 14.0. The maximum absolute atomic E-state index is 13.6. The summed E-state index contributed by atoms with van der Waals surface area (Å²) in [6.07, 6.45) is 5.96. The third-order valence-electron chi connectivity index (χ3n) is 2.98. The van der Waals surface area contributed by atoms with E-state index in [1.165, 1.54) is 19.3 Å². The van der Waals surface area contributed by atoms with E-state index in [1.807, 2.05) is 0 Å². The fraction of sp³-hybridized carbons (Fsp3) is 0.938. The second-order valence-electron chi connectivity index (χ2n) is 6.66. The summed E-state index contributed by atoms with van der Waals surface area (Å²) in [5.41, 5.74) is -0.685. The summed E-state index contributed by atoms with van der Waals surface area (Å²) in [5, 5.41) is 4.85. The van der Waals surface area contributed by atoms with Crippen LogP contribution in [-0.2, 0) is 4.74 Å². The Kier molecular flexibility index (Phi) is 10.3. The first-order valence-corrected chi connectivity index (χ1v) is 8.22. The van der Waals surface area contributed by atoms with Crippen LogP contribution in [0.5, 0.6) is 0 Å². The van der Waals surface area contributed by atoms with Gasteiger partial charge < -0.3 is 15.4 Å². The van der Waals surface area contributed by atoms with Gasteiger partial charge in [-0.25, -0.2) is 13.6 Å². The third-order valence-corrected chi connectivity index (χ3v) is 2.98. The highest BCUT2D eigenvalue weighted by Crippen LogP contribution is 2.12. The van der Waals surface area contributed by atoms with Crippen molar-refractivity contribution in [3.8, 4) is 0 Å². The summed E-state index contributed by atoms with van der Waals surface area (Å²) in [5.74, 6) is -2.97. The molecule has 22 heavy (non-hydrogen) atoms. The maximum atomic E-state index is 13.6. The Morgan fingerprint density at radius 2 is 1.59 bits per heavy atom. The van der Waals surface area contributed by atoms with Gasteiger partial charge in [0.05, 0.1) is 13.1 Å². The molecular formula is C16H32F2N2O2. The summed E-state index contributed by atoms with van der Waals surface area (Å²) in [7, 11) is 0. The summed E-state index contributed by atoms with van der Waals surface area (Å²) in [6.45, 7) is 6.65. The molecule has 0 aromatic carbocycles. The molecule has 0 aromatic heterocycles. The fourth-order valence-corrected chi connectivity index (χ4v) is 1.88. The predicted octanol–water partition coefficient (Wildman–Crippen LogP) is 4.10. The average molecular weight is 322 g/mol. The maximum Gasteiger partial charge on any atom is 0.407 e. The minimum Gasteiger partial charge on any atom is -0.444 e. The number of alkyl carbamates (subject to hydrolysis) is 1. The number of unbranched alkanes of at least 4 members (excludes halogenated alkanes) is 5. The zero-order chi connectivity index (χ0) is 17.1. The van der Waals surface area contributed by atoms with E-state index in [2.05, 4.69) is 17.6 Å². The first kappa shape index (κ1) is 21.1. The van der Waals surface area contributed by atoms with Crippen LogP contribution in [0.2, 0.25) is 0 Å². The molecule has 0 radical (unpaired) electrons. The molecule has 1 amide bonds. The van der Waals surface area contributed by atoms with Crippen LogP contribution in [0.15, 0.2) is 0 Å². The fourth-order valence-electron chi connectivity index (χ4n) is 1.88. The molecule has 4 nitrogen and oxygen atoms in total. The van der Waals surface area contributed by atoms with Gasteiger partial charge in [0.15, 0.2) is 0 Å². The highest BCUT2D eigenvalue weighted by Gasteiger charge is 2.29. The molecular weight excluding hydrogens is 290 g/mol. The molecule has 0 bridgehead atoms. The van der Waals surface area contributed by atoms with E-state index in [0.717, 1.165) is 19.3 Å². The van der Waals surface area contributed by atoms with Gasteiger partial charge in [-0.15, -0.1) is 0 Å². The lowest BCUT2D eigenvalue weighted by atomic mass is 10.1. The van der Waals surface area contributed by atoms with Crippen LogP contribution < -0.4 is 10.6 Å². The van der Waals surface area contributed by atoms with Gasteiger partial charge >= 0.3 is 6.09 Å². The molecule has 0 aliphatic rings. The summed E-state index contributed by atoms with van der Waals surface area (Å²) in [6, 6.07) is 0. The van der Waals surface area contributed by atoms with Crippen LogP contribution in [0, 0.1) is 0 Å². The summed E-state index contributed by atoms with van der Waals surface area (Å²) < 4.78 is 32.0. The predicted molar refractivity (Wildman–Crippen MR) is 85.4 cm³/mol. The van der Waals surface area contributed by atoms with Gasteiger partial charge in [-0.05, 0) is 33.7 Å². The normalized spacial score (nSPS) is 12.3. The average Bonchev–Trinajstić information content (AvgIpc) is 2.38. The van der Waals surface area contributed by atoms with Crippen molar-refractivity contribution in [2.75, 3.05) is 19.6 Å². The number of alkyl halides is 2. The van der Waals surface area contributed by atoms with Gasteiger partial charge in [-0.2, -0.15) is 0 Å². The Morgan fingerprint density at radius 3 is 2.18 bits per heavy atom. The van der Waals surface area contributed by atoms with Crippen molar-refractivity contribution in [2.24, 2.45) is 0 Å². The van der Waals surface area contributed by atoms with Crippen LogP contribution in [0.25, 0.3) is 0 Å². The zero-order valence-electron chi connectivity index (χ0n) is 14.4. The van der Waals surface area contributed by atoms with E-state index in [-0.39, 0.29) is 0 Å². The van der Waals surface area contributed by atoms with E-state index in [0.29, 0.717) is 6.54 Å². The molecule has 6 heteroatoms. The Balaban J connectivity index is 3.67. The van der Waals surface area contributed by atoms with Crippen molar-refractivity contribution in [3.63, 3.8) is 0 Å². The zero-order valence-corrected chi connectivity index (χ0v) is 14.4. The van der Waals surface area contributed by atoms with Crippen LogP contribution in [0.3, 0.4) is 0 Å². The highest BCUT2D eigenvalue weighted by molar-refractivity contribution is 5.67. The van der Waals surface area contributed by atoms with Crippen LogP contribution in [0.1, 0.15) is 66.2 Å².